The number of carboxylic acid groups (broad SMARTS) is 1. The van der Waals surface area contributed by atoms with Gasteiger partial charge in [-0.2, -0.15) is 0 Å². The average molecular weight is 392 g/mol. The summed E-state index contributed by atoms with van der Waals surface area (Å²) in [6, 6.07) is 18.6. The predicted molar refractivity (Wildman–Crippen MR) is 112 cm³/mol. The lowest BCUT2D eigenvalue weighted by Gasteiger charge is -2.29. The second-order valence-electron chi connectivity index (χ2n) is 8.49. The highest BCUT2D eigenvalue weighted by atomic mass is 16.4. The van der Waals surface area contributed by atoms with E-state index in [2.05, 4.69) is 24.3 Å². The molecule has 0 radical (unpaired) electrons. The minimum Gasteiger partial charge on any atom is -0.481 e. The Kier molecular flexibility index (Phi) is 5.98. The number of hydrogen-bond acceptors (Lipinski definition) is 2. The predicted octanol–water partition coefficient (Wildman–Crippen LogP) is 4.78. The fourth-order valence-corrected chi connectivity index (χ4v) is 4.57. The number of nitrogens with zero attached hydrogens (tertiary/aromatic N) is 1. The summed E-state index contributed by atoms with van der Waals surface area (Å²) in [7, 11) is 0. The lowest BCUT2D eigenvalue weighted by molar-refractivity contribution is -0.143. The van der Waals surface area contributed by atoms with E-state index in [0.29, 0.717) is 19.0 Å². The smallest absolute Gasteiger partial charge is 0.307 e. The average Bonchev–Trinajstić information content (AvgIpc) is 3.58. The van der Waals surface area contributed by atoms with Crippen LogP contribution >= 0.6 is 0 Å². The number of carboxylic acids is 1. The maximum Gasteiger partial charge on any atom is 0.307 e. The van der Waals surface area contributed by atoms with Gasteiger partial charge in [-0.05, 0) is 48.3 Å². The molecule has 2 fully saturated rings. The molecule has 2 saturated carbocycles. The second kappa shape index (κ2) is 8.81. The molecule has 0 unspecified atom stereocenters. The molecule has 4 nitrogen and oxygen atoms in total. The van der Waals surface area contributed by atoms with Crippen LogP contribution in [0.3, 0.4) is 0 Å². The quantitative estimate of drug-likeness (QED) is 0.739. The van der Waals surface area contributed by atoms with Gasteiger partial charge < -0.3 is 10.0 Å². The Hall–Kier alpha value is -2.62. The van der Waals surface area contributed by atoms with E-state index in [9.17, 15) is 14.7 Å². The molecule has 2 atom stereocenters. The maximum absolute atomic E-state index is 12.9. The van der Waals surface area contributed by atoms with Crippen molar-refractivity contribution in [1.82, 2.24) is 4.90 Å². The Morgan fingerprint density at radius 2 is 1.55 bits per heavy atom. The van der Waals surface area contributed by atoms with Crippen LogP contribution in [-0.2, 0) is 22.6 Å². The van der Waals surface area contributed by atoms with Crippen LogP contribution in [0.4, 0.5) is 0 Å². The number of amides is 1. The minimum absolute atomic E-state index is 0.106. The summed E-state index contributed by atoms with van der Waals surface area (Å²) in [4.78, 5) is 26.5. The molecule has 2 aromatic rings. The molecule has 2 aliphatic carbocycles. The van der Waals surface area contributed by atoms with Gasteiger partial charge in [0.2, 0.25) is 5.91 Å². The number of hydrogen-bond donors (Lipinski definition) is 1. The number of aliphatic carboxylic acids is 1. The SMILES string of the molecule is O=C(O)[C@H]1CCCC[C@@H]1c1ccc(CN(C(=O)Cc2ccccc2)C2CC2)cc1. The molecule has 152 valence electrons. The fraction of sp³-hybridized carbons (Fsp3) is 0.440. The van der Waals surface area contributed by atoms with Gasteiger partial charge in [-0.3, -0.25) is 9.59 Å². The number of carbonyl (C=O) groups is 2. The van der Waals surface area contributed by atoms with Crippen molar-refractivity contribution in [2.45, 2.75) is 63.5 Å². The topological polar surface area (TPSA) is 57.6 Å². The Balaban J connectivity index is 1.44. The first-order chi connectivity index (χ1) is 14.1. The normalized spacial score (nSPS) is 21.5. The zero-order valence-electron chi connectivity index (χ0n) is 16.8. The van der Waals surface area contributed by atoms with Gasteiger partial charge in [-0.25, -0.2) is 0 Å². The second-order valence-corrected chi connectivity index (χ2v) is 8.49. The van der Waals surface area contributed by atoms with Crippen LogP contribution in [0, 0.1) is 5.92 Å². The molecule has 4 rings (SSSR count). The molecule has 0 aromatic heterocycles. The Labute approximate surface area is 172 Å². The van der Waals surface area contributed by atoms with Crippen molar-refractivity contribution in [2.24, 2.45) is 5.92 Å². The number of benzene rings is 2. The summed E-state index contributed by atoms with van der Waals surface area (Å²) < 4.78 is 0. The first-order valence-electron chi connectivity index (χ1n) is 10.8. The molecule has 2 aliphatic rings. The van der Waals surface area contributed by atoms with E-state index in [1.165, 1.54) is 0 Å². The van der Waals surface area contributed by atoms with Crippen LogP contribution in [0.1, 0.15) is 61.1 Å². The lowest BCUT2D eigenvalue weighted by Crippen LogP contribution is -2.33. The van der Waals surface area contributed by atoms with E-state index in [-0.39, 0.29) is 17.7 Å². The highest BCUT2D eigenvalue weighted by Crippen LogP contribution is 2.38. The molecule has 1 N–H and O–H groups in total. The van der Waals surface area contributed by atoms with Crippen molar-refractivity contribution < 1.29 is 14.7 Å². The third kappa shape index (κ3) is 4.87. The highest BCUT2D eigenvalue weighted by molar-refractivity contribution is 5.79. The number of carbonyl (C=O) groups excluding carboxylic acids is 1. The molecular formula is C25H29NO3. The van der Waals surface area contributed by atoms with Gasteiger partial charge in [0.1, 0.15) is 0 Å². The van der Waals surface area contributed by atoms with Gasteiger partial charge in [-0.1, -0.05) is 67.4 Å². The molecule has 0 bridgehead atoms. The van der Waals surface area contributed by atoms with Crippen LogP contribution in [0.15, 0.2) is 54.6 Å². The van der Waals surface area contributed by atoms with Crippen molar-refractivity contribution in [2.75, 3.05) is 0 Å². The van der Waals surface area contributed by atoms with Gasteiger partial charge >= 0.3 is 5.97 Å². The molecular weight excluding hydrogens is 362 g/mol. The first kappa shape index (κ1) is 19.7. The molecule has 0 heterocycles. The Morgan fingerprint density at radius 3 is 2.21 bits per heavy atom. The third-order valence-electron chi connectivity index (χ3n) is 6.35. The molecule has 29 heavy (non-hydrogen) atoms. The van der Waals surface area contributed by atoms with E-state index >= 15 is 0 Å². The minimum atomic E-state index is -0.676. The maximum atomic E-state index is 12.9. The van der Waals surface area contributed by atoms with Gasteiger partial charge in [0.05, 0.1) is 12.3 Å². The van der Waals surface area contributed by atoms with Gasteiger partial charge in [0.15, 0.2) is 0 Å². The molecule has 1 amide bonds. The van der Waals surface area contributed by atoms with Crippen LogP contribution in [0.5, 0.6) is 0 Å². The Bertz CT molecular complexity index is 842. The zero-order valence-corrected chi connectivity index (χ0v) is 16.8. The van der Waals surface area contributed by atoms with Crippen molar-refractivity contribution in [3.63, 3.8) is 0 Å². The van der Waals surface area contributed by atoms with E-state index < -0.39 is 5.97 Å². The molecule has 0 saturated heterocycles. The van der Waals surface area contributed by atoms with Crippen molar-refractivity contribution in [3.8, 4) is 0 Å². The van der Waals surface area contributed by atoms with Crippen LogP contribution in [-0.4, -0.2) is 27.9 Å². The highest BCUT2D eigenvalue weighted by Gasteiger charge is 2.33. The van der Waals surface area contributed by atoms with Crippen LogP contribution in [0.25, 0.3) is 0 Å². The summed E-state index contributed by atoms with van der Waals surface area (Å²) in [5.41, 5.74) is 3.29. The third-order valence-corrected chi connectivity index (χ3v) is 6.35. The standard InChI is InChI=1S/C25H29NO3/c27-24(16-18-6-2-1-3-7-18)26(21-14-15-21)17-19-10-12-20(13-11-19)22-8-4-5-9-23(22)25(28)29/h1-3,6-7,10-13,21-23H,4-5,8-9,14-17H2,(H,28,29)/t22-,23+/m1/s1. The fourth-order valence-electron chi connectivity index (χ4n) is 4.57. The summed E-state index contributed by atoms with van der Waals surface area (Å²) >= 11 is 0. The lowest BCUT2D eigenvalue weighted by atomic mass is 9.75. The Morgan fingerprint density at radius 1 is 0.862 bits per heavy atom. The van der Waals surface area contributed by atoms with Crippen LogP contribution < -0.4 is 0 Å². The van der Waals surface area contributed by atoms with Crippen molar-refractivity contribution >= 4 is 11.9 Å². The van der Waals surface area contributed by atoms with E-state index in [1.807, 2.05) is 35.2 Å². The van der Waals surface area contributed by atoms with Crippen LogP contribution in [0.2, 0.25) is 0 Å². The first-order valence-corrected chi connectivity index (χ1v) is 10.8. The van der Waals surface area contributed by atoms with Gasteiger partial charge in [0.25, 0.3) is 0 Å². The molecule has 0 spiro atoms. The van der Waals surface area contributed by atoms with E-state index in [1.54, 1.807) is 0 Å². The van der Waals surface area contributed by atoms with Crippen molar-refractivity contribution in [1.29, 1.82) is 0 Å². The number of rotatable bonds is 7. The largest absolute Gasteiger partial charge is 0.481 e. The van der Waals surface area contributed by atoms with E-state index in [0.717, 1.165) is 55.2 Å². The van der Waals surface area contributed by atoms with Gasteiger partial charge in [0, 0.05) is 12.6 Å². The van der Waals surface area contributed by atoms with Crippen molar-refractivity contribution in [3.05, 3.63) is 71.3 Å². The molecule has 2 aromatic carbocycles. The molecule has 0 aliphatic heterocycles. The summed E-state index contributed by atoms with van der Waals surface area (Å²) in [5, 5.41) is 9.55. The summed E-state index contributed by atoms with van der Waals surface area (Å²) in [6.07, 6.45) is 6.43. The van der Waals surface area contributed by atoms with E-state index in [4.69, 9.17) is 0 Å². The zero-order chi connectivity index (χ0) is 20.2. The summed E-state index contributed by atoms with van der Waals surface area (Å²) in [5.74, 6) is -0.661. The van der Waals surface area contributed by atoms with Gasteiger partial charge in [-0.15, -0.1) is 0 Å². The molecule has 4 heteroatoms. The summed E-state index contributed by atoms with van der Waals surface area (Å²) in [6.45, 7) is 0.629. The monoisotopic (exact) mass is 391 g/mol.